The van der Waals surface area contributed by atoms with E-state index < -0.39 is 9.84 Å². The smallest absolute Gasteiger partial charge is 0.151 e. The molecule has 2 fully saturated rings. The maximum absolute atomic E-state index is 11.6. The van der Waals surface area contributed by atoms with Gasteiger partial charge in [-0.3, -0.25) is 0 Å². The lowest BCUT2D eigenvalue weighted by atomic mass is 10.2. The van der Waals surface area contributed by atoms with Gasteiger partial charge in [-0.1, -0.05) is 19.8 Å². The third-order valence-corrected chi connectivity index (χ3v) is 5.54. The van der Waals surface area contributed by atoms with Crippen LogP contribution in [0.3, 0.4) is 0 Å². The number of sulfone groups is 1. The summed E-state index contributed by atoms with van der Waals surface area (Å²) in [5.74, 6) is 0.797. The number of hydrogen-bond donors (Lipinski definition) is 1. The molecule has 3 nitrogen and oxygen atoms in total. The second-order valence-corrected chi connectivity index (χ2v) is 7.35. The van der Waals surface area contributed by atoms with E-state index in [1.807, 2.05) is 0 Å². The van der Waals surface area contributed by atoms with Crippen LogP contribution in [0.2, 0.25) is 0 Å². The molecule has 4 atom stereocenters. The third kappa shape index (κ3) is 2.53. The van der Waals surface area contributed by atoms with Crippen LogP contribution < -0.4 is 5.32 Å². The molecule has 2 aliphatic rings. The molecule has 0 aliphatic heterocycles. The Labute approximate surface area is 92.6 Å². The van der Waals surface area contributed by atoms with Crippen molar-refractivity contribution in [1.29, 1.82) is 0 Å². The second-order valence-electron chi connectivity index (χ2n) is 5.08. The first kappa shape index (κ1) is 11.4. The van der Waals surface area contributed by atoms with Gasteiger partial charge in [0.2, 0.25) is 0 Å². The van der Waals surface area contributed by atoms with Gasteiger partial charge in [0.25, 0.3) is 0 Å². The number of nitrogens with one attached hydrogen (secondary N) is 1. The Balaban J connectivity index is 1.92. The van der Waals surface area contributed by atoms with E-state index in [0.717, 1.165) is 25.2 Å². The minimum Gasteiger partial charge on any atom is -0.310 e. The Morgan fingerprint density at radius 3 is 2.53 bits per heavy atom. The van der Waals surface area contributed by atoms with Gasteiger partial charge in [-0.05, 0) is 25.2 Å². The average molecular weight is 231 g/mol. The molecule has 0 heterocycles. The summed E-state index contributed by atoms with van der Waals surface area (Å²) in [7, 11) is -2.86. The first-order valence-electron chi connectivity index (χ1n) is 5.97. The predicted molar refractivity (Wildman–Crippen MR) is 61.6 cm³/mol. The van der Waals surface area contributed by atoms with Crippen LogP contribution in [0.4, 0.5) is 0 Å². The average Bonchev–Trinajstić information content (AvgIpc) is 2.69. The maximum atomic E-state index is 11.6. The Hall–Kier alpha value is -0.0900. The van der Waals surface area contributed by atoms with Crippen molar-refractivity contribution in [3.8, 4) is 0 Å². The monoisotopic (exact) mass is 231 g/mol. The highest BCUT2D eigenvalue weighted by Crippen LogP contribution is 2.36. The van der Waals surface area contributed by atoms with Crippen molar-refractivity contribution in [2.75, 3.05) is 6.26 Å². The SMILES string of the molecule is CCC1CC1NC1CCCC1S(C)(=O)=O. The molecule has 0 aromatic carbocycles. The topological polar surface area (TPSA) is 46.2 Å². The van der Waals surface area contributed by atoms with Crippen molar-refractivity contribution in [3.05, 3.63) is 0 Å². The number of hydrogen-bond acceptors (Lipinski definition) is 3. The van der Waals surface area contributed by atoms with Gasteiger partial charge in [-0.2, -0.15) is 0 Å². The third-order valence-electron chi connectivity index (χ3n) is 3.88. The van der Waals surface area contributed by atoms with Crippen molar-refractivity contribution >= 4 is 9.84 Å². The van der Waals surface area contributed by atoms with Gasteiger partial charge in [0.1, 0.15) is 0 Å². The van der Waals surface area contributed by atoms with Gasteiger partial charge >= 0.3 is 0 Å². The fourth-order valence-corrected chi connectivity index (χ4v) is 4.21. The standard InChI is InChI=1S/C11H21NO2S/c1-3-8-7-10(8)12-9-5-4-6-11(9)15(2,13)14/h8-12H,3-7H2,1-2H3. The van der Waals surface area contributed by atoms with E-state index in [4.69, 9.17) is 0 Å². The molecule has 0 radical (unpaired) electrons. The van der Waals surface area contributed by atoms with Gasteiger partial charge in [-0.25, -0.2) is 8.42 Å². The maximum Gasteiger partial charge on any atom is 0.151 e. The molecule has 0 saturated heterocycles. The molecule has 88 valence electrons. The fraction of sp³-hybridized carbons (Fsp3) is 1.00. The summed E-state index contributed by atoms with van der Waals surface area (Å²) in [5, 5.41) is 3.40. The molecule has 2 saturated carbocycles. The molecule has 1 N–H and O–H groups in total. The summed E-state index contributed by atoms with van der Waals surface area (Å²) < 4.78 is 23.1. The van der Waals surface area contributed by atoms with Gasteiger partial charge in [0.05, 0.1) is 5.25 Å². The molecular weight excluding hydrogens is 210 g/mol. The largest absolute Gasteiger partial charge is 0.310 e. The van der Waals surface area contributed by atoms with Gasteiger partial charge < -0.3 is 5.32 Å². The lowest BCUT2D eigenvalue weighted by Gasteiger charge is -2.19. The van der Waals surface area contributed by atoms with Crippen LogP contribution in [0.15, 0.2) is 0 Å². The zero-order valence-electron chi connectivity index (χ0n) is 9.57. The van der Waals surface area contributed by atoms with E-state index in [1.165, 1.54) is 19.1 Å². The summed E-state index contributed by atoms with van der Waals surface area (Å²) in [6, 6.07) is 0.823. The van der Waals surface area contributed by atoms with Crippen LogP contribution in [-0.4, -0.2) is 32.0 Å². The van der Waals surface area contributed by atoms with Gasteiger partial charge in [-0.15, -0.1) is 0 Å². The van der Waals surface area contributed by atoms with Crippen LogP contribution in [0.25, 0.3) is 0 Å². The van der Waals surface area contributed by atoms with Gasteiger partial charge in [0, 0.05) is 18.3 Å². The van der Waals surface area contributed by atoms with Crippen molar-refractivity contribution in [3.63, 3.8) is 0 Å². The molecule has 4 unspecified atom stereocenters. The quantitative estimate of drug-likeness (QED) is 0.794. The molecule has 4 heteroatoms. The van der Waals surface area contributed by atoms with Crippen LogP contribution in [0.1, 0.15) is 39.0 Å². The normalized spacial score (nSPS) is 40.7. The fourth-order valence-electron chi connectivity index (χ4n) is 2.81. The van der Waals surface area contributed by atoms with Crippen molar-refractivity contribution in [2.45, 2.75) is 56.4 Å². The lowest BCUT2D eigenvalue weighted by Crippen LogP contribution is -2.41. The van der Waals surface area contributed by atoms with E-state index in [9.17, 15) is 8.42 Å². The second kappa shape index (κ2) is 4.06. The van der Waals surface area contributed by atoms with Crippen molar-refractivity contribution in [2.24, 2.45) is 5.92 Å². The van der Waals surface area contributed by atoms with E-state index in [-0.39, 0.29) is 11.3 Å². The molecule has 0 amide bonds. The first-order valence-corrected chi connectivity index (χ1v) is 7.92. The first-order chi connectivity index (χ1) is 7.02. The minimum atomic E-state index is -2.86. The van der Waals surface area contributed by atoms with E-state index in [2.05, 4.69) is 12.2 Å². The zero-order chi connectivity index (χ0) is 11.1. The van der Waals surface area contributed by atoms with Crippen LogP contribution >= 0.6 is 0 Å². The van der Waals surface area contributed by atoms with E-state index in [0.29, 0.717) is 6.04 Å². The Morgan fingerprint density at radius 2 is 2.00 bits per heavy atom. The summed E-state index contributed by atoms with van der Waals surface area (Å²) in [6.07, 6.45) is 6.77. The van der Waals surface area contributed by atoms with Gasteiger partial charge in [0.15, 0.2) is 9.84 Å². The molecule has 0 spiro atoms. The minimum absolute atomic E-state index is 0.129. The summed E-state index contributed by atoms with van der Waals surface area (Å²) in [6.45, 7) is 2.20. The summed E-state index contributed by atoms with van der Waals surface area (Å²) in [4.78, 5) is 0. The Morgan fingerprint density at radius 1 is 1.27 bits per heavy atom. The number of rotatable bonds is 4. The molecule has 0 aromatic heterocycles. The summed E-state index contributed by atoms with van der Waals surface area (Å²) >= 11 is 0. The van der Waals surface area contributed by atoms with E-state index >= 15 is 0 Å². The van der Waals surface area contributed by atoms with Crippen LogP contribution in [0.5, 0.6) is 0 Å². The van der Waals surface area contributed by atoms with E-state index in [1.54, 1.807) is 0 Å². The summed E-state index contributed by atoms with van der Waals surface area (Å²) in [5.41, 5.74) is 0. The van der Waals surface area contributed by atoms with Crippen LogP contribution in [0, 0.1) is 5.92 Å². The molecule has 2 aliphatic carbocycles. The van der Waals surface area contributed by atoms with Crippen molar-refractivity contribution in [1.82, 2.24) is 5.32 Å². The highest BCUT2D eigenvalue weighted by molar-refractivity contribution is 7.91. The Bertz CT molecular complexity index is 325. The molecule has 0 aromatic rings. The highest BCUT2D eigenvalue weighted by Gasteiger charge is 2.41. The predicted octanol–water partition coefficient (Wildman–Crippen LogP) is 1.34. The molecule has 0 bridgehead atoms. The lowest BCUT2D eigenvalue weighted by molar-refractivity contribution is 0.489. The zero-order valence-corrected chi connectivity index (χ0v) is 10.4. The molecular formula is C11H21NO2S. The van der Waals surface area contributed by atoms with Crippen LogP contribution in [-0.2, 0) is 9.84 Å². The highest BCUT2D eigenvalue weighted by atomic mass is 32.2. The Kier molecular flexibility index (Phi) is 3.08. The molecule has 2 rings (SSSR count). The van der Waals surface area contributed by atoms with Crippen molar-refractivity contribution < 1.29 is 8.42 Å². The molecule has 15 heavy (non-hydrogen) atoms.